The summed E-state index contributed by atoms with van der Waals surface area (Å²) in [5.41, 5.74) is 0.152. The van der Waals surface area contributed by atoms with Gasteiger partial charge in [-0.05, 0) is 12.1 Å². The lowest BCUT2D eigenvalue weighted by molar-refractivity contribution is -0.289. The van der Waals surface area contributed by atoms with E-state index in [-0.39, 0.29) is 27.7 Å². The SMILES string of the molecule is Fc1cccc(-c2nnc3sc(C(F)(F)C(F)(F)F)nn23)c1. The zero-order valence-electron chi connectivity index (χ0n) is 10.3. The molecule has 0 unspecified atom stereocenters. The first kappa shape index (κ1) is 14.8. The number of hydrogen-bond donors (Lipinski definition) is 0. The summed E-state index contributed by atoms with van der Waals surface area (Å²) >= 11 is 0.0653. The predicted octanol–water partition coefficient (Wildman–Crippen LogP) is 3.65. The van der Waals surface area contributed by atoms with E-state index in [1.807, 2.05) is 0 Å². The Labute approximate surface area is 122 Å². The monoisotopic (exact) mass is 338 g/mol. The Morgan fingerprint density at radius 2 is 1.77 bits per heavy atom. The average Bonchev–Trinajstić information content (AvgIpc) is 2.96. The fourth-order valence-corrected chi connectivity index (χ4v) is 2.51. The van der Waals surface area contributed by atoms with E-state index in [1.54, 1.807) is 0 Å². The van der Waals surface area contributed by atoms with Crippen molar-refractivity contribution >= 4 is 16.3 Å². The minimum absolute atomic E-state index is 0.0653. The Kier molecular flexibility index (Phi) is 3.13. The molecule has 2 aromatic heterocycles. The fourth-order valence-electron chi connectivity index (χ4n) is 1.67. The minimum Gasteiger partial charge on any atom is -0.207 e. The van der Waals surface area contributed by atoms with Crippen LogP contribution in [-0.4, -0.2) is 26.0 Å². The Balaban J connectivity index is 2.14. The summed E-state index contributed by atoms with van der Waals surface area (Å²) in [6.45, 7) is 0. The third-order valence-electron chi connectivity index (χ3n) is 2.70. The molecule has 2 heterocycles. The van der Waals surface area contributed by atoms with Crippen LogP contribution in [-0.2, 0) is 5.92 Å². The van der Waals surface area contributed by atoms with Crippen molar-refractivity contribution in [1.29, 1.82) is 0 Å². The quantitative estimate of drug-likeness (QED) is 0.670. The van der Waals surface area contributed by atoms with Crippen molar-refractivity contribution in [3.8, 4) is 11.4 Å². The molecule has 0 atom stereocenters. The van der Waals surface area contributed by atoms with Crippen LogP contribution < -0.4 is 0 Å². The van der Waals surface area contributed by atoms with Crippen LogP contribution >= 0.6 is 11.3 Å². The van der Waals surface area contributed by atoms with Crippen LogP contribution in [0.4, 0.5) is 26.3 Å². The van der Waals surface area contributed by atoms with Crippen molar-refractivity contribution in [2.75, 3.05) is 0 Å². The molecule has 0 aliphatic carbocycles. The van der Waals surface area contributed by atoms with Crippen LogP contribution in [0.1, 0.15) is 5.01 Å². The molecule has 0 aliphatic heterocycles. The zero-order valence-corrected chi connectivity index (χ0v) is 11.1. The molecular formula is C11H4F6N4S. The fraction of sp³-hybridized carbons (Fsp3) is 0.182. The average molecular weight is 338 g/mol. The number of alkyl halides is 5. The van der Waals surface area contributed by atoms with Gasteiger partial charge in [0.15, 0.2) is 10.8 Å². The van der Waals surface area contributed by atoms with Gasteiger partial charge in [-0.25, -0.2) is 4.39 Å². The first-order valence-corrected chi connectivity index (χ1v) is 6.45. The maximum atomic E-state index is 13.3. The summed E-state index contributed by atoms with van der Waals surface area (Å²) in [5.74, 6) is -5.85. The zero-order chi connectivity index (χ0) is 16.1. The number of halogens is 6. The highest BCUT2D eigenvalue weighted by atomic mass is 32.1. The van der Waals surface area contributed by atoms with Gasteiger partial charge in [-0.1, -0.05) is 23.5 Å². The van der Waals surface area contributed by atoms with E-state index in [2.05, 4.69) is 15.3 Å². The molecule has 11 heteroatoms. The van der Waals surface area contributed by atoms with Crippen molar-refractivity contribution in [3.63, 3.8) is 0 Å². The van der Waals surface area contributed by atoms with Crippen molar-refractivity contribution in [1.82, 2.24) is 19.8 Å². The van der Waals surface area contributed by atoms with Gasteiger partial charge >= 0.3 is 12.1 Å². The third kappa shape index (κ3) is 2.21. The molecule has 0 saturated carbocycles. The second kappa shape index (κ2) is 4.66. The van der Waals surface area contributed by atoms with Crippen LogP contribution in [0.3, 0.4) is 0 Å². The van der Waals surface area contributed by atoms with Gasteiger partial charge < -0.3 is 0 Å². The van der Waals surface area contributed by atoms with Gasteiger partial charge in [-0.2, -0.15) is 31.6 Å². The van der Waals surface area contributed by atoms with Gasteiger partial charge in [-0.3, -0.25) is 0 Å². The Bertz CT molecular complexity index is 837. The molecule has 4 nitrogen and oxygen atoms in total. The summed E-state index contributed by atoms with van der Waals surface area (Å²) in [6, 6.07) is 4.92. The molecule has 3 rings (SSSR count). The number of benzene rings is 1. The molecule has 0 spiro atoms. The van der Waals surface area contributed by atoms with E-state index >= 15 is 0 Å². The van der Waals surface area contributed by atoms with E-state index in [4.69, 9.17) is 0 Å². The first-order valence-electron chi connectivity index (χ1n) is 5.63. The standard InChI is InChI=1S/C11H4F6N4S/c12-6-3-1-2-5(4-6)7-18-19-9-21(7)20-8(22-9)10(13,14)11(15,16)17/h1-4H. The highest BCUT2D eigenvalue weighted by Crippen LogP contribution is 2.45. The van der Waals surface area contributed by atoms with Gasteiger partial charge in [-0.15, -0.1) is 10.2 Å². The highest BCUT2D eigenvalue weighted by molar-refractivity contribution is 7.16. The van der Waals surface area contributed by atoms with Gasteiger partial charge in [0.2, 0.25) is 4.96 Å². The van der Waals surface area contributed by atoms with E-state index < -0.39 is 22.9 Å². The number of fused-ring (bicyclic) bond motifs is 1. The van der Waals surface area contributed by atoms with E-state index in [1.165, 1.54) is 12.1 Å². The summed E-state index contributed by atoms with van der Waals surface area (Å²) < 4.78 is 77.5. The van der Waals surface area contributed by atoms with Crippen LogP contribution in [0.15, 0.2) is 24.3 Å². The largest absolute Gasteiger partial charge is 0.460 e. The smallest absolute Gasteiger partial charge is 0.207 e. The maximum Gasteiger partial charge on any atom is 0.460 e. The molecule has 0 radical (unpaired) electrons. The van der Waals surface area contributed by atoms with Crippen LogP contribution in [0.2, 0.25) is 0 Å². The molecular weight excluding hydrogens is 334 g/mol. The molecule has 22 heavy (non-hydrogen) atoms. The Morgan fingerprint density at radius 3 is 2.41 bits per heavy atom. The highest BCUT2D eigenvalue weighted by Gasteiger charge is 2.61. The van der Waals surface area contributed by atoms with Crippen molar-refractivity contribution in [2.45, 2.75) is 12.1 Å². The summed E-state index contributed by atoms with van der Waals surface area (Å²) in [4.78, 5) is -0.252. The summed E-state index contributed by atoms with van der Waals surface area (Å²) in [5, 5.41) is 8.89. The van der Waals surface area contributed by atoms with Crippen molar-refractivity contribution in [2.24, 2.45) is 0 Å². The molecule has 1 aromatic carbocycles. The third-order valence-corrected chi connectivity index (χ3v) is 3.67. The van der Waals surface area contributed by atoms with Crippen molar-refractivity contribution < 1.29 is 26.3 Å². The van der Waals surface area contributed by atoms with E-state index in [0.29, 0.717) is 0 Å². The van der Waals surface area contributed by atoms with Crippen molar-refractivity contribution in [3.05, 3.63) is 35.1 Å². The Morgan fingerprint density at radius 1 is 1.05 bits per heavy atom. The molecule has 0 N–H and O–H groups in total. The normalized spacial score (nSPS) is 13.0. The molecule has 116 valence electrons. The summed E-state index contributed by atoms with van der Waals surface area (Å²) in [6.07, 6.45) is -5.77. The number of hydrogen-bond acceptors (Lipinski definition) is 4. The maximum absolute atomic E-state index is 13.3. The Hall–Kier alpha value is -2.17. The second-order valence-electron chi connectivity index (χ2n) is 4.21. The minimum atomic E-state index is -5.77. The number of rotatable bonds is 2. The molecule has 0 aliphatic rings. The van der Waals surface area contributed by atoms with Gasteiger partial charge in [0.1, 0.15) is 5.82 Å². The van der Waals surface area contributed by atoms with Gasteiger partial charge in [0.25, 0.3) is 0 Å². The number of aromatic nitrogens is 4. The van der Waals surface area contributed by atoms with E-state index in [9.17, 15) is 26.3 Å². The number of nitrogens with zero attached hydrogens (tertiary/aromatic N) is 4. The summed E-state index contributed by atoms with van der Waals surface area (Å²) in [7, 11) is 0. The lowest BCUT2D eigenvalue weighted by Gasteiger charge is -2.15. The topological polar surface area (TPSA) is 43.1 Å². The lowest BCUT2D eigenvalue weighted by Crippen LogP contribution is -2.33. The lowest BCUT2D eigenvalue weighted by atomic mass is 10.2. The molecule has 3 aromatic rings. The van der Waals surface area contributed by atoms with Gasteiger partial charge in [0, 0.05) is 5.56 Å². The van der Waals surface area contributed by atoms with E-state index in [0.717, 1.165) is 16.6 Å². The van der Waals surface area contributed by atoms with Crippen LogP contribution in [0.25, 0.3) is 16.3 Å². The molecule has 0 bridgehead atoms. The predicted molar refractivity (Wildman–Crippen MR) is 64.0 cm³/mol. The van der Waals surface area contributed by atoms with Gasteiger partial charge in [0.05, 0.1) is 0 Å². The molecule has 0 saturated heterocycles. The molecule has 0 fully saturated rings. The second-order valence-corrected chi connectivity index (χ2v) is 5.16. The molecule has 0 amide bonds. The van der Waals surface area contributed by atoms with Crippen LogP contribution in [0.5, 0.6) is 0 Å². The first-order chi connectivity index (χ1) is 10.2. The van der Waals surface area contributed by atoms with Crippen LogP contribution in [0, 0.1) is 5.82 Å².